The van der Waals surface area contributed by atoms with Crippen molar-refractivity contribution in [3.05, 3.63) is 77.9 Å². The Balaban J connectivity index is 0.00000155. The summed E-state index contributed by atoms with van der Waals surface area (Å²) in [6.45, 7) is 21.9. The average molecular weight is 678 g/mol. The molecule has 2 aromatic carbocycles. The lowest BCUT2D eigenvalue weighted by Crippen LogP contribution is -2.38. The zero-order chi connectivity index (χ0) is 36.1. The van der Waals surface area contributed by atoms with Gasteiger partial charge in [0, 0.05) is 51.5 Å². The molecule has 2 aromatic rings. The van der Waals surface area contributed by atoms with E-state index in [0.29, 0.717) is 19.6 Å². The fraction of sp³-hybridized carbons (Fsp3) is 0.500. The van der Waals surface area contributed by atoms with Gasteiger partial charge in [-0.2, -0.15) is 0 Å². The minimum Gasteiger partial charge on any atom is -0.444 e. The summed E-state index contributed by atoms with van der Waals surface area (Å²) in [7, 11) is 0. The van der Waals surface area contributed by atoms with E-state index in [1.54, 1.807) is 12.4 Å². The molecule has 0 radical (unpaired) electrons. The van der Waals surface area contributed by atoms with Gasteiger partial charge in [0.2, 0.25) is 0 Å². The van der Waals surface area contributed by atoms with Crippen LogP contribution in [0.5, 0.6) is 0 Å². The number of morpholine rings is 1. The van der Waals surface area contributed by atoms with Crippen LogP contribution >= 0.6 is 0 Å². The largest absolute Gasteiger partial charge is 0.444 e. The van der Waals surface area contributed by atoms with Crippen molar-refractivity contribution in [3.8, 4) is 0 Å². The lowest BCUT2D eigenvalue weighted by atomic mass is 10.1. The second kappa shape index (κ2) is 22.4. The number of benzene rings is 2. The molecule has 1 aliphatic rings. The number of hydrogen-bond donors (Lipinski definition) is 5. The van der Waals surface area contributed by atoms with Crippen molar-refractivity contribution in [2.45, 2.75) is 60.1 Å². The van der Waals surface area contributed by atoms with Crippen LogP contribution in [0, 0.1) is 19.3 Å². The van der Waals surface area contributed by atoms with E-state index in [0.717, 1.165) is 68.4 Å². The molecule has 1 aliphatic heterocycles. The van der Waals surface area contributed by atoms with Crippen molar-refractivity contribution < 1.29 is 19.4 Å². The topological polar surface area (TPSA) is 135 Å². The standard InChI is InChI=1S/C33H51N7O4.C5H8/c1-25-17-26(2)19-29(18-25)40(12-10-36-32(42)44-33(3,4)5)22-27-7-8-30(31(20-27)37-21-28(34)23-41)38-24-35-9-6-11-39-13-15-43-16-14-39;1-3-5-4-2/h7-8,17-20,24,34,37,41H,6,9-16,21-23H2,1-5H3,(H,35,38)(H,36,42);3-5H,1H2,2H3/b;5-4+. The summed E-state index contributed by atoms with van der Waals surface area (Å²) < 4.78 is 10.8. The van der Waals surface area contributed by atoms with Crippen molar-refractivity contribution >= 4 is 35.2 Å². The Bertz CT molecular complexity index is 1340. The fourth-order valence-corrected chi connectivity index (χ4v) is 5.01. The Labute approximate surface area is 294 Å². The van der Waals surface area contributed by atoms with Crippen molar-refractivity contribution in [1.29, 1.82) is 5.41 Å². The van der Waals surface area contributed by atoms with Crippen molar-refractivity contribution in [2.75, 3.05) is 81.2 Å². The normalized spacial score (nSPS) is 13.4. The number of aliphatic imine (C=N–C) groups is 1. The molecular weight excluding hydrogens is 618 g/mol. The zero-order valence-electron chi connectivity index (χ0n) is 30.5. The minimum absolute atomic E-state index is 0.197. The maximum Gasteiger partial charge on any atom is 0.407 e. The fourth-order valence-electron chi connectivity index (χ4n) is 5.01. The van der Waals surface area contributed by atoms with Crippen LogP contribution in [0.2, 0.25) is 0 Å². The van der Waals surface area contributed by atoms with Gasteiger partial charge in [-0.25, -0.2) is 4.79 Å². The van der Waals surface area contributed by atoms with Crippen LogP contribution in [0.4, 0.5) is 21.9 Å². The van der Waals surface area contributed by atoms with Gasteiger partial charge in [0.15, 0.2) is 0 Å². The predicted octanol–water partition coefficient (Wildman–Crippen LogP) is 6.17. The summed E-state index contributed by atoms with van der Waals surface area (Å²) in [4.78, 5) is 21.5. The third-order valence-electron chi connectivity index (χ3n) is 7.27. The molecule has 0 aromatic heterocycles. The first-order valence-corrected chi connectivity index (χ1v) is 17.1. The van der Waals surface area contributed by atoms with Gasteiger partial charge >= 0.3 is 6.09 Å². The monoisotopic (exact) mass is 677 g/mol. The van der Waals surface area contributed by atoms with E-state index in [1.807, 2.05) is 45.9 Å². The zero-order valence-corrected chi connectivity index (χ0v) is 30.5. The molecule has 0 atom stereocenters. The van der Waals surface area contributed by atoms with Gasteiger partial charge in [-0.15, -0.1) is 0 Å². The Hall–Kier alpha value is -4.19. The highest BCUT2D eigenvalue weighted by Gasteiger charge is 2.17. The summed E-state index contributed by atoms with van der Waals surface area (Å²) in [6.07, 6.45) is 7.84. The van der Waals surface area contributed by atoms with Crippen molar-refractivity contribution in [1.82, 2.24) is 10.2 Å². The number of ether oxygens (including phenoxy) is 2. The molecule has 1 amide bonds. The van der Waals surface area contributed by atoms with Gasteiger partial charge < -0.3 is 40.8 Å². The molecule has 0 spiro atoms. The van der Waals surface area contributed by atoms with Crippen LogP contribution in [0.3, 0.4) is 0 Å². The van der Waals surface area contributed by atoms with Gasteiger partial charge in [-0.05, 0) is 88.9 Å². The van der Waals surface area contributed by atoms with Gasteiger partial charge in [0.1, 0.15) is 5.60 Å². The van der Waals surface area contributed by atoms with E-state index in [4.69, 9.17) is 14.9 Å². The smallest absolute Gasteiger partial charge is 0.407 e. The second-order valence-corrected chi connectivity index (χ2v) is 12.9. The number of aliphatic hydroxyl groups excluding tert-OH is 1. The highest BCUT2D eigenvalue weighted by Crippen LogP contribution is 2.26. The van der Waals surface area contributed by atoms with E-state index < -0.39 is 11.7 Å². The number of hydrogen-bond acceptors (Lipinski definition) is 9. The van der Waals surface area contributed by atoms with Crippen molar-refractivity contribution in [2.24, 2.45) is 4.99 Å². The van der Waals surface area contributed by atoms with Gasteiger partial charge in [0.05, 0.1) is 49.8 Å². The molecule has 11 heteroatoms. The van der Waals surface area contributed by atoms with E-state index >= 15 is 0 Å². The highest BCUT2D eigenvalue weighted by molar-refractivity contribution is 5.89. The summed E-state index contributed by atoms with van der Waals surface area (Å²) in [6, 6.07) is 12.5. The molecule has 0 aliphatic carbocycles. The number of alkyl carbamates (subject to hydrolysis) is 1. The van der Waals surface area contributed by atoms with Gasteiger partial charge in [0.25, 0.3) is 0 Å². The Morgan fingerprint density at radius 1 is 1.14 bits per heavy atom. The van der Waals surface area contributed by atoms with E-state index in [9.17, 15) is 9.90 Å². The maximum atomic E-state index is 12.3. The third-order valence-corrected chi connectivity index (χ3v) is 7.27. The molecule has 0 unspecified atom stereocenters. The Morgan fingerprint density at radius 3 is 2.47 bits per heavy atom. The molecule has 5 N–H and O–H groups in total. The summed E-state index contributed by atoms with van der Waals surface area (Å²) in [5.41, 5.74) is 5.73. The maximum absolute atomic E-state index is 12.3. The number of aliphatic hydroxyl groups is 1. The molecule has 11 nitrogen and oxygen atoms in total. The number of carbonyl (C=O) groups excluding carboxylic acids is 1. The van der Waals surface area contributed by atoms with E-state index in [-0.39, 0.29) is 18.9 Å². The third kappa shape index (κ3) is 17.7. The first-order valence-electron chi connectivity index (χ1n) is 17.1. The molecule has 0 saturated carbocycles. The summed E-state index contributed by atoms with van der Waals surface area (Å²) >= 11 is 0. The van der Waals surface area contributed by atoms with Gasteiger partial charge in [-0.3, -0.25) is 9.89 Å². The van der Waals surface area contributed by atoms with Crippen molar-refractivity contribution in [3.63, 3.8) is 0 Å². The number of rotatable bonds is 17. The number of nitrogens with zero attached hydrogens (tertiary/aromatic N) is 3. The lowest BCUT2D eigenvalue weighted by molar-refractivity contribution is 0.0377. The van der Waals surface area contributed by atoms with E-state index in [2.05, 4.69) is 81.5 Å². The number of nitrogens with one attached hydrogen (secondary N) is 4. The average Bonchev–Trinajstić information content (AvgIpc) is 3.05. The second-order valence-electron chi connectivity index (χ2n) is 12.9. The van der Waals surface area contributed by atoms with E-state index in [1.165, 1.54) is 11.1 Å². The number of allylic oxidation sites excluding steroid dienone is 3. The number of anilines is 3. The van der Waals surface area contributed by atoms with Crippen LogP contribution in [0.25, 0.3) is 0 Å². The quantitative estimate of drug-likeness (QED) is 0.0581. The summed E-state index contributed by atoms with van der Waals surface area (Å²) in [5.74, 6) is 0. The first-order chi connectivity index (χ1) is 23.4. The molecule has 49 heavy (non-hydrogen) atoms. The lowest BCUT2D eigenvalue weighted by Gasteiger charge is -2.27. The molecule has 1 saturated heterocycles. The molecule has 3 rings (SSSR count). The Kier molecular flexibility index (Phi) is 18.8. The van der Waals surface area contributed by atoms with Crippen LogP contribution in [0.15, 0.2) is 66.2 Å². The van der Waals surface area contributed by atoms with Crippen LogP contribution in [0.1, 0.15) is 50.8 Å². The molecule has 0 bridgehead atoms. The predicted molar refractivity (Wildman–Crippen MR) is 205 cm³/mol. The van der Waals surface area contributed by atoms with Gasteiger partial charge in [-0.1, -0.05) is 36.9 Å². The molecular formula is C38H59N7O4. The molecule has 270 valence electrons. The number of carbonyl (C=O) groups is 1. The van der Waals surface area contributed by atoms with Crippen LogP contribution < -0.4 is 20.9 Å². The molecule has 1 heterocycles. The highest BCUT2D eigenvalue weighted by atomic mass is 16.6. The number of amides is 1. The molecule has 1 fully saturated rings. The first kappa shape index (κ1) is 41.0. The summed E-state index contributed by atoms with van der Waals surface area (Å²) in [5, 5.41) is 26.7. The Morgan fingerprint density at radius 2 is 1.86 bits per heavy atom. The van der Waals surface area contributed by atoms with Crippen LogP contribution in [-0.2, 0) is 16.0 Å². The SMILES string of the molecule is C=C/C=C/C.Cc1cc(C)cc(N(CCNC(=O)OC(C)(C)C)Cc2ccc(NC=NCCCN3CCOCC3)c(NCC(=N)CO)c2)c1. The van der Waals surface area contributed by atoms with Crippen LogP contribution in [-0.4, -0.2) is 99.4 Å². The minimum atomic E-state index is -0.559. The number of aryl methyl sites for hydroxylation is 2.